The summed E-state index contributed by atoms with van der Waals surface area (Å²) >= 11 is 0. The molecular weight excluding hydrogens is 360 g/mol. The van der Waals surface area contributed by atoms with Gasteiger partial charge >= 0.3 is 5.97 Å². The topological polar surface area (TPSA) is 57.5 Å². The van der Waals surface area contributed by atoms with Gasteiger partial charge in [0.25, 0.3) is 0 Å². The number of carboxylic acids is 1. The van der Waals surface area contributed by atoms with Crippen molar-refractivity contribution in [2.75, 3.05) is 0 Å². The van der Waals surface area contributed by atoms with Gasteiger partial charge in [-0.05, 0) is 115 Å². The number of phenols is 1. The molecule has 0 unspecified atom stereocenters. The molecule has 2 N–H and O–H groups in total. The third-order valence-electron chi connectivity index (χ3n) is 7.61. The van der Waals surface area contributed by atoms with Crippen LogP contribution in [0.1, 0.15) is 72.0 Å². The Bertz CT molecular complexity index is 942. The first kappa shape index (κ1) is 18.5. The third kappa shape index (κ3) is 3.37. The molecule has 29 heavy (non-hydrogen) atoms. The zero-order valence-corrected chi connectivity index (χ0v) is 16.8. The van der Waals surface area contributed by atoms with E-state index in [1.54, 1.807) is 12.1 Å². The molecule has 0 spiro atoms. The van der Waals surface area contributed by atoms with Crippen molar-refractivity contribution >= 4 is 17.6 Å². The predicted octanol–water partition coefficient (Wildman–Crippen LogP) is 6.19. The monoisotopic (exact) mass is 388 g/mol. The molecule has 4 fully saturated rings. The first-order chi connectivity index (χ1) is 14.0. The number of rotatable bonds is 4. The molecule has 4 bridgehead atoms. The largest absolute Gasteiger partial charge is 0.508 e. The van der Waals surface area contributed by atoms with Crippen molar-refractivity contribution in [3.8, 4) is 5.75 Å². The minimum Gasteiger partial charge on any atom is -0.508 e. The van der Waals surface area contributed by atoms with Crippen LogP contribution in [0.4, 0.5) is 0 Å². The van der Waals surface area contributed by atoms with E-state index in [9.17, 15) is 9.90 Å². The SMILES string of the molecule is C/C(=C\c1ccc(C(=O)O)cc1)c1ccc(O)c(C2C3CC4CC(C3)CC2C4)c1. The van der Waals surface area contributed by atoms with Gasteiger partial charge in [-0.3, -0.25) is 0 Å². The van der Waals surface area contributed by atoms with Crippen molar-refractivity contribution in [2.24, 2.45) is 23.7 Å². The highest BCUT2D eigenvalue weighted by atomic mass is 16.4. The number of aromatic carboxylic acids is 1. The molecule has 3 nitrogen and oxygen atoms in total. The average Bonchev–Trinajstić information content (AvgIpc) is 2.69. The van der Waals surface area contributed by atoms with Crippen LogP contribution in [0.15, 0.2) is 42.5 Å². The lowest BCUT2D eigenvalue weighted by Crippen LogP contribution is -2.43. The van der Waals surface area contributed by atoms with E-state index in [1.807, 2.05) is 24.3 Å². The van der Waals surface area contributed by atoms with Crippen molar-refractivity contribution in [1.29, 1.82) is 0 Å². The van der Waals surface area contributed by atoms with E-state index >= 15 is 0 Å². The van der Waals surface area contributed by atoms with Crippen LogP contribution in [-0.4, -0.2) is 16.2 Å². The number of carboxylic acid groups (broad SMARTS) is 1. The van der Waals surface area contributed by atoms with Crippen LogP contribution in [-0.2, 0) is 0 Å². The molecule has 4 saturated carbocycles. The summed E-state index contributed by atoms with van der Waals surface area (Å²) in [6, 6.07) is 13.0. The molecule has 3 heteroatoms. The fourth-order valence-electron chi connectivity index (χ4n) is 6.56. The van der Waals surface area contributed by atoms with E-state index in [1.165, 1.54) is 32.1 Å². The molecule has 0 heterocycles. The molecule has 0 saturated heterocycles. The number of allylic oxidation sites excluding steroid dienone is 1. The number of phenolic OH excluding ortho intramolecular Hbond substituents is 1. The molecule has 4 aliphatic rings. The van der Waals surface area contributed by atoms with Gasteiger partial charge in [0.1, 0.15) is 5.75 Å². The Balaban J connectivity index is 1.44. The van der Waals surface area contributed by atoms with Gasteiger partial charge in [0.05, 0.1) is 5.56 Å². The Morgan fingerprint density at radius 2 is 1.48 bits per heavy atom. The molecular formula is C26H28O3. The molecule has 6 rings (SSSR count). The zero-order valence-electron chi connectivity index (χ0n) is 16.8. The van der Waals surface area contributed by atoms with E-state index in [-0.39, 0.29) is 0 Å². The molecule has 0 aromatic heterocycles. The van der Waals surface area contributed by atoms with Gasteiger partial charge < -0.3 is 10.2 Å². The number of hydrogen-bond donors (Lipinski definition) is 2. The third-order valence-corrected chi connectivity index (χ3v) is 7.61. The normalized spacial score (nSPS) is 30.5. The Kier molecular flexibility index (Phi) is 4.49. The highest BCUT2D eigenvalue weighted by molar-refractivity contribution is 5.88. The molecule has 150 valence electrons. The van der Waals surface area contributed by atoms with Crippen molar-refractivity contribution < 1.29 is 15.0 Å². The Morgan fingerprint density at radius 3 is 2.07 bits per heavy atom. The molecule has 0 radical (unpaired) electrons. The van der Waals surface area contributed by atoms with Gasteiger partial charge in [-0.15, -0.1) is 0 Å². The van der Waals surface area contributed by atoms with Gasteiger partial charge in [-0.2, -0.15) is 0 Å². The van der Waals surface area contributed by atoms with Gasteiger partial charge in [0, 0.05) is 0 Å². The number of carbonyl (C=O) groups is 1. The fraction of sp³-hybridized carbons (Fsp3) is 0.423. The standard InChI is InChI=1S/C26H28O3/c1-15(8-16-2-4-19(5-3-16)26(28)29)20-6-7-24(27)23(14-20)25-21-10-17-9-18(12-21)13-22(25)11-17/h2-8,14,17-18,21-22,25,27H,9-13H2,1H3,(H,28,29)/b15-8+. The second-order valence-electron chi connectivity index (χ2n) is 9.48. The van der Waals surface area contributed by atoms with Crippen LogP contribution >= 0.6 is 0 Å². The van der Waals surface area contributed by atoms with Crippen LogP contribution in [0.3, 0.4) is 0 Å². The van der Waals surface area contributed by atoms with Gasteiger partial charge in [0.15, 0.2) is 0 Å². The van der Waals surface area contributed by atoms with Crippen LogP contribution in [0.25, 0.3) is 11.6 Å². The molecule has 0 aliphatic heterocycles. The van der Waals surface area contributed by atoms with Crippen molar-refractivity contribution in [3.63, 3.8) is 0 Å². The van der Waals surface area contributed by atoms with E-state index in [0.29, 0.717) is 17.2 Å². The summed E-state index contributed by atoms with van der Waals surface area (Å²) in [4.78, 5) is 11.0. The minimum atomic E-state index is -0.906. The Morgan fingerprint density at radius 1 is 0.897 bits per heavy atom. The highest BCUT2D eigenvalue weighted by Crippen LogP contribution is 2.60. The van der Waals surface area contributed by atoms with E-state index in [0.717, 1.165) is 45.9 Å². The summed E-state index contributed by atoms with van der Waals surface area (Å²) in [5, 5.41) is 19.8. The molecule has 2 aromatic rings. The number of hydrogen-bond acceptors (Lipinski definition) is 2. The van der Waals surface area contributed by atoms with Gasteiger partial charge in [-0.1, -0.05) is 24.3 Å². The average molecular weight is 389 g/mol. The van der Waals surface area contributed by atoms with Crippen LogP contribution in [0.5, 0.6) is 5.75 Å². The summed E-state index contributed by atoms with van der Waals surface area (Å²) in [5.41, 5.74) is 4.68. The fourth-order valence-corrected chi connectivity index (χ4v) is 6.56. The van der Waals surface area contributed by atoms with Gasteiger partial charge in [0.2, 0.25) is 0 Å². The number of benzene rings is 2. The molecule has 2 aromatic carbocycles. The maximum Gasteiger partial charge on any atom is 0.335 e. The van der Waals surface area contributed by atoms with Crippen molar-refractivity contribution in [3.05, 3.63) is 64.7 Å². The van der Waals surface area contributed by atoms with Crippen LogP contribution < -0.4 is 0 Å². The lowest BCUT2D eigenvalue weighted by atomic mass is 9.50. The maximum atomic E-state index is 11.0. The maximum absolute atomic E-state index is 11.0. The second kappa shape index (κ2) is 7.05. The summed E-state index contributed by atoms with van der Waals surface area (Å²) < 4.78 is 0. The van der Waals surface area contributed by atoms with E-state index in [4.69, 9.17) is 5.11 Å². The summed E-state index contributed by atoms with van der Waals surface area (Å²) in [6.45, 7) is 2.08. The quantitative estimate of drug-likeness (QED) is 0.614. The highest BCUT2D eigenvalue weighted by Gasteiger charge is 2.49. The first-order valence-electron chi connectivity index (χ1n) is 10.8. The van der Waals surface area contributed by atoms with Gasteiger partial charge in [-0.25, -0.2) is 4.79 Å². The summed E-state index contributed by atoms with van der Waals surface area (Å²) in [7, 11) is 0. The zero-order chi connectivity index (χ0) is 20.1. The Hall–Kier alpha value is -2.55. The molecule has 0 atom stereocenters. The minimum absolute atomic E-state index is 0.300. The summed E-state index contributed by atoms with van der Waals surface area (Å²) in [5.74, 6) is 3.37. The molecule has 4 aliphatic carbocycles. The predicted molar refractivity (Wildman–Crippen MR) is 115 cm³/mol. The number of aromatic hydroxyl groups is 1. The summed E-state index contributed by atoms with van der Waals surface area (Å²) in [6.07, 6.45) is 8.88. The first-order valence-corrected chi connectivity index (χ1v) is 10.8. The Labute approximate surface area is 172 Å². The van der Waals surface area contributed by atoms with Crippen LogP contribution in [0.2, 0.25) is 0 Å². The van der Waals surface area contributed by atoms with E-state index < -0.39 is 5.97 Å². The lowest BCUT2D eigenvalue weighted by Gasteiger charge is -2.54. The smallest absolute Gasteiger partial charge is 0.335 e. The lowest BCUT2D eigenvalue weighted by molar-refractivity contribution is -0.00347. The molecule has 0 amide bonds. The van der Waals surface area contributed by atoms with Crippen LogP contribution in [0, 0.1) is 23.7 Å². The van der Waals surface area contributed by atoms with Crippen molar-refractivity contribution in [2.45, 2.75) is 44.9 Å². The van der Waals surface area contributed by atoms with Crippen molar-refractivity contribution in [1.82, 2.24) is 0 Å². The van der Waals surface area contributed by atoms with E-state index in [2.05, 4.69) is 19.1 Å². The second-order valence-corrected chi connectivity index (χ2v) is 9.48.